The average Bonchev–Trinajstić information content (AvgIpc) is 2.41. The molecule has 0 aromatic heterocycles. The van der Waals surface area contributed by atoms with E-state index in [1.165, 1.54) is 4.31 Å². The fourth-order valence-electron chi connectivity index (χ4n) is 2.12. The summed E-state index contributed by atoms with van der Waals surface area (Å²) in [5.41, 5.74) is 1.32. The molecular weight excluding hydrogens is 293 g/mol. The predicted molar refractivity (Wildman–Crippen MR) is 77.2 cm³/mol. The Labute approximate surface area is 124 Å². The first-order chi connectivity index (χ1) is 9.84. The van der Waals surface area contributed by atoms with E-state index in [9.17, 15) is 12.8 Å². The molecular formula is C14H18FN3O2S. The molecule has 1 aliphatic heterocycles. The lowest BCUT2D eigenvalue weighted by Gasteiger charge is -2.38. The molecule has 0 saturated carbocycles. The predicted octanol–water partition coefficient (Wildman–Crippen LogP) is 1.67. The van der Waals surface area contributed by atoms with Crippen LogP contribution >= 0.6 is 0 Å². The van der Waals surface area contributed by atoms with E-state index in [1.807, 2.05) is 6.07 Å². The topological polar surface area (TPSA) is 64.4 Å². The van der Waals surface area contributed by atoms with Crippen LogP contribution in [0.2, 0.25) is 0 Å². The lowest BCUT2D eigenvalue weighted by atomic mass is 10.1. The summed E-state index contributed by atoms with van der Waals surface area (Å²) in [6.07, 6.45) is -1.07. The SMILES string of the molecule is CC(C)N(Cc1ccc(C#N)cc1)S(=O)(=O)N1CC(F)C1. The summed E-state index contributed by atoms with van der Waals surface area (Å²) in [7, 11) is -3.65. The first-order valence-electron chi connectivity index (χ1n) is 6.74. The van der Waals surface area contributed by atoms with E-state index in [1.54, 1.807) is 38.1 Å². The molecule has 7 heteroatoms. The molecule has 0 bridgehead atoms. The summed E-state index contributed by atoms with van der Waals surface area (Å²) in [6.45, 7) is 3.64. The number of nitrogens with zero attached hydrogens (tertiary/aromatic N) is 3. The number of halogens is 1. The smallest absolute Gasteiger partial charge is 0.245 e. The first kappa shape index (κ1) is 15.9. The first-order valence-corrected chi connectivity index (χ1v) is 8.14. The fourth-order valence-corrected chi connectivity index (χ4v) is 3.96. The number of rotatable bonds is 5. The van der Waals surface area contributed by atoms with Gasteiger partial charge in [-0.1, -0.05) is 12.1 Å². The minimum Gasteiger partial charge on any atom is -0.245 e. The second-order valence-electron chi connectivity index (χ2n) is 5.37. The minimum atomic E-state index is -3.65. The van der Waals surface area contributed by atoms with Gasteiger partial charge in [-0.15, -0.1) is 0 Å². The molecule has 0 N–H and O–H groups in total. The quantitative estimate of drug-likeness (QED) is 0.831. The lowest BCUT2D eigenvalue weighted by Crippen LogP contribution is -2.57. The third-order valence-corrected chi connectivity index (χ3v) is 5.52. The number of nitriles is 1. The van der Waals surface area contributed by atoms with Crippen LogP contribution in [0.15, 0.2) is 24.3 Å². The molecule has 1 fully saturated rings. The van der Waals surface area contributed by atoms with Gasteiger partial charge in [0.2, 0.25) is 0 Å². The summed E-state index contributed by atoms with van der Waals surface area (Å²) in [4.78, 5) is 0. The standard InChI is InChI=1S/C14H18FN3O2S/c1-11(2)18(21(19,20)17-9-14(15)10-17)8-13-5-3-12(7-16)4-6-13/h3-6,11,14H,8-10H2,1-2H3. The highest BCUT2D eigenvalue weighted by atomic mass is 32.2. The van der Waals surface area contributed by atoms with Crippen molar-refractivity contribution in [3.05, 3.63) is 35.4 Å². The summed E-state index contributed by atoms with van der Waals surface area (Å²) >= 11 is 0. The van der Waals surface area contributed by atoms with Crippen LogP contribution in [0.25, 0.3) is 0 Å². The highest BCUT2D eigenvalue weighted by Gasteiger charge is 2.40. The van der Waals surface area contributed by atoms with Crippen molar-refractivity contribution in [1.29, 1.82) is 5.26 Å². The molecule has 1 saturated heterocycles. The number of hydrogen-bond acceptors (Lipinski definition) is 3. The van der Waals surface area contributed by atoms with Gasteiger partial charge in [-0.2, -0.15) is 22.3 Å². The van der Waals surface area contributed by atoms with Crippen molar-refractivity contribution < 1.29 is 12.8 Å². The van der Waals surface area contributed by atoms with Gasteiger partial charge in [0.05, 0.1) is 11.6 Å². The van der Waals surface area contributed by atoms with Gasteiger partial charge < -0.3 is 0 Å². The van der Waals surface area contributed by atoms with E-state index in [4.69, 9.17) is 5.26 Å². The molecule has 1 aromatic carbocycles. The normalized spacial score (nSPS) is 17.0. The molecule has 5 nitrogen and oxygen atoms in total. The van der Waals surface area contributed by atoms with Crippen LogP contribution in [-0.4, -0.2) is 42.3 Å². The third-order valence-electron chi connectivity index (χ3n) is 3.42. The van der Waals surface area contributed by atoms with Crippen LogP contribution in [-0.2, 0) is 16.8 Å². The summed E-state index contributed by atoms with van der Waals surface area (Å²) in [5.74, 6) is 0. The Bertz CT molecular complexity index is 631. The Morgan fingerprint density at radius 2 is 1.95 bits per heavy atom. The Kier molecular flexibility index (Phi) is 4.61. The average molecular weight is 311 g/mol. The monoisotopic (exact) mass is 311 g/mol. The molecule has 2 rings (SSSR count). The molecule has 1 aliphatic rings. The Hall–Kier alpha value is -1.49. The van der Waals surface area contributed by atoms with Gasteiger partial charge in [0.25, 0.3) is 10.2 Å². The van der Waals surface area contributed by atoms with Gasteiger partial charge in [-0.3, -0.25) is 0 Å². The molecule has 1 aromatic rings. The van der Waals surface area contributed by atoms with E-state index < -0.39 is 16.4 Å². The molecule has 0 aliphatic carbocycles. The Balaban J connectivity index is 2.17. The highest BCUT2D eigenvalue weighted by Crippen LogP contribution is 2.23. The maximum absolute atomic E-state index is 12.9. The molecule has 0 radical (unpaired) electrons. The molecule has 0 amide bonds. The highest BCUT2D eigenvalue weighted by molar-refractivity contribution is 7.86. The van der Waals surface area contributed by atoms with Crippen molar-refractivity contribution in [3.8, 4) is 6.07 Å². The van der Waals surface area contributed by atoms with Crippen molar-refractivity contribution in [1.82, 2.24) is 8.61 Å². The van der Waals surface area contributed by atoms with Crippen molar-refractivity contribution >= 4 is 10.2 Å². The largest absolute Gasteiger partial charge is 0.282 e. The van der Waals surface area contributed by atoms with Crippen LogP contribution in [0.4, 0.5) is 4.39 Å². The van der Waals surface area contributed by atoms with Gasteiger partial charge in [0, 0.05) is 25.7 Å². The van der Waals surface area contributed by atoms with Crippen molar-refractivity contribution in [3.63, 3.8) is 0 Å². The minimum absolute atomic E-state index is 0.0705. The van der Waals surface area contributed by atoms with Crippen LogP contribution in [0.3, 0.4) is 0 Å². The van der Waals surface area contributed by atoms with E-state index in [0.717, 1.165) is 9.87 Å². The lowest BCUT2D eigenvalue weighted by molar-refractivity contribution is 0.129. The van der Waals surface area contributed by atoms with Crippen molar-refractivity contribution in [2.45, 2.75) is 32.6 Å². The second kappa shape index (κ2) is 6.10. The second-order valence-corrected chi connectivity index (χ2v) is 7.25. The maximum Gasteiger partial charge on any atom is 0.282 e. The van der Waals surface area contributed by atoms with Crippen molar-refractivity contribution in [2.24, 2.45) is 0 Å². The molecule has 114 valence electrons. The molecule has 1 heterocycles. The zero-order valence-electron chi connectivity index (χ0n) is 12.0. The van der Waals surface area contributed by atoms with Crippen LogP contribution in [0, 0.1) is 11.3 Å². The van der Waals surface area contributed by atoms with Crippen molar-refractivity contribution in [2.75, 3.05) is 13.1 Å². The molecule has 0 spiro atoms. The maximum atomic E-state index is 12.9. The summed E-state index contributed by atoms with van der Waals surface area (Å²) in [6, 6.07) is 8.56. The Morgan fingerprint density at radius 1 is 1.38 bits per heavy atom. The zero-order chi connectivity index (χ0) is 15.6. The summed E-state index contributed by atoms with van der Waals surface area (Å²) < 4.78 is 40.3. The molecule has 0 atom stereocenters. The molecule has 21 heavy (non-hydrogen) atoms. The van der Waals surface area contributed by atoms with Crippen LogP contribution < -0.4 is 0 Å². The third kappa shape index (κ3) is 3.40. The molecule has 0 unspecified atom stereocenters. The van der Waals surface area contributed by atoms with Gasteiger partial charge in [-0.05, 0) is 31.5 Å². The number of alkyl halides is 1. The summed E-state index contributed by atoms with van der Waals surface area (Å²) in [5, 5.41) is 8.77. The van der Waals surface area contributed by atoms with E-state index in [2.05, 4.69) is 0 Å². The van der Waals surface area contributed by atoms with Crippen LogP contribution in [0.5, 0.6) is 0 Å². The Morgan fingerprint density at radius 3 is 2.38 bits per heavy atom. The fraction of sp³-hybridized carbons (Fsp3) is 0.500. The van der Waals surface area contributed by atoms with Gasteiger partial charge in [-0.25, -0.2) is 4.39 Å². The van der Waals surface area contributed by atoms with E-state index >= 15 is 0 Å². The number of benzene rings is 1. The van der Waals surface area contributed by atoms with E-state index in [0.29, 0.717) is 5.56 Å². The van der Waals surface area contributed by atoms with Crippen LogP contribution in [0.1, 0.15) is 25.0 Å². The van der Waals surface area contributed by atoms with Gasteiger partial charge in [0.1, 0.15) is 6.17 Å². The van der Waals surface area contributed by atoms with Gasteiger partial charge >= 0.3 is 0 Å². The number of hydrogen-bond donors (Lipinski definition) is 0. The zero-order valence-corrected chi connectivity index (χ0v) is 12.8. The van der Waals surface area contributed by atoms with E-state index in [-0.39, 0.29) is 25.7 Å². The van der Waals surface area contributed by atoms with Gasteiger partial charge in [0.15, 0.2) is 0 Å².